The van der Waals surface area contributed by atoms with Crippen molar-refractivity contribution in [2.75, 3.05) is 7.11 Å². The summed E-state index contributed by atoms with van der Waals surface area (Å²) in [7, 11) is -2.44. The van der Waals surface area contributed by atoms with E-state index in [9.17, 15) is 22.0 Å². The van der Waals surface area contributed by atoms with Crippen molar-refractivity contribution >= 4 is 15.9 Å². The van der Waals surface area contributed by atoms with Crippen LogP contribution in [0, 0.1) is 11.6 Å². The number of benzene rings is 3. The monoisotopic (exact) mass is 474 g/mol. The average Bonchev–Trinajstić information content (AvgIpc) is 2.80. The number of amides is 1. The van der Waals surface area contributed by atoms with Crippen LogP contribution >= 0.6 is 0 Å². The van der Waals surface area contributed by atoms with Gasteiger partial charge in [0.2, 0.25) is 15.9 Å². The first-order valence-corrected chi connectivity index (χ1v) is 11.7. The quantitative estimate of drug-likeness (QED) is 0.469. The summed E-state index contributed by atoms with van der Waals surface area (Å²) in [6, 6.07) is 16.4. The minimum absolute atomic E-state index is 0.0411. The Balaban J connectivity index is 1.53. The highest BCUT2D eigenvalue weighted by atomic mass is 32.2. The lowest BCUT2D eigenvalue weighted by Gasteiger charge is -2.10. The lowest BCUT2D eigenvalue weighted by molar-refractivity contribution is -0.121. The van der Waals surface area contributed by atoms with Crippen LogP contribution in [0.5, 0.6) is 5.75 Å². The molecule has 0 unspecified atom stereocenters. The van der Waals surface area contributed by atoms with Crippen molar-refractivity contribution in [2.24, 2.45) is 0 Å². The largest absolute Gasteiger partial charge is 0.494 e. The molecule has 0 radical (unpaired) electrons. The molecule has 0 aliphatic heterocycles. The van der Waals surface area contributed by atoms with Gasteiger partial charge >= 0.3 is 0 Å². The number of sulfonamides is 1. The van der Waals surface area contributed by atoms with E-state index in [1.165, 1.54) is 49.6 Å². The lowest BCUT2D eigenvalue weighted by atomic mass is 10.1. The third-order valence-electron chi connectivity index (χ3n) is 4.91. The summed E-state index contributed by atoms with van der Waals surface area (Å²) in [4.78, 5) is 12.2. The zero-order chi connectivity index (χ0) is 23.8. The van der Waals surface area contributed by atoms with Gasteiger partial charge in [-0.3, -0.25) is 4.79 Å². The van der Waals surface area contributed by atoms with Gasteiger partial charge in [0.15, 0.2) is 11.6 Å². The van der Waals surface area contributed by atoms with E-state index in [-0.39, 0.29) is 36.1 Å². The average molecular weight is 475 g/mol. The summed E-state index contributed by atoms with van der Waals surface area (Å²) in [6.07, 6.45) is 0.504. The number of nitrogens with one attached hydrogen (secondary N) is 2. The molecule has 2 N–H and O–H groups in total. The zero-order valence-corrected chi connectivity index (χ0v) is 18.8. The van der Waals surface area contributed by atoms with Crippen LogP contribution in [0.15, 0.2) is 71.6 Å². The van der Waals surface area contributed by atoms with Crippen LogP contribution < -0.4 is 14.8 Å². The van der Waals surface area contributed by atoms with Crippen LogP contribution in [0.4, 0.5) is 8.78 Å². The van der Waals surface area contributed by atoms with E-state index in [2.05, 4.69) is 10.0 Å². The van der Waals surface area contributed by atoms with E-state index < -0.39 is 21.7 Å². The van der Waals surface area contributed by atoms with E-state index >= 15 is 0 Å². The van der Waals surface area contributed by atoms with Gasteiger partial charge in [0.1, 0.15) is 5.82 Å². The second kappa shape index (κ2) is 11.0. The van der Waals surface area contributed by atoms with Crippen LogP contribution in [0.2, 0.25) is 0 Å². The molecule has 0 spiro atoms. The van der Waals surface area contributed by atoms with Gasteiger partial charge in [-0.2, -0.15) is 0 Å². The molecule has 0 aromatic heterocycles. The molecule has 0 aliphatic rings. The molecule has 0 aliphatic carbocycles. The highest BCUT2D eigenvalue weighted by Crippen LogP contribution is 2.18. The fraction of sp³-hybridized carbons (Fsp3) is 0.208. The standard InChI is InChI=1S/C24H24F2N2O4S/c1-32-23-10-8-17(14-22(23)26)9-11-24(29)27-15-19-5-3-7-21(13-19)33(30,31)28-16-18-4-2-6-20(25)12-18/h2-8,10,12-14,28H,9,11,15-16H2,1H3,(H,27,29). The Morgan fingerprint density at radius 2 is 1.64 bits per heavy atom. The smallest absolute Gasteiger partial charge is 0.240 e. The first-order chi connectivity index (χ1) is 15.8. The van der Waals surface area contributed by atoms with Crippen LogP contribution in [0.3, 0.4) is 0 Å². The molecule has 174 valence electrons. The fourth-order valence-corrected chi connectivity index (χ4v) is 4.23. The van der Waals surface area contributed by atoms with E-state index in [4.69, 9.17) is 4.74 Å². The minimum Gasteiger partial charge on any atom is -0.494 e. The molecule has 3 aromatic rings. The number of halogens is 2. The topological polar surface area (TPSA) is 84.5 Å². The minimum atomic E-state index is -3.82. The molecule has 3 aromatic carbocycles. The Labute approximate surface area is 191 Å². The van der Waals surface area contributed by atoms with Crippen molar-refractivity contribution in [1.29, 1.82) is 0 Å². The van der Waals surface area contributed by atoms with Gasteiger partial charge in [0.05, 0.1) is 12.0 Å². The third kappa shape index (κ3) is 7.10. The van der Waals surface area contributed by atoms with Gasteiger partial charge in [0, 0.05) is 19.5 Å². The zero-order valence-electron chi connectivity index (χ0n) is 18.0. The molecule has 9 heteroatoms. The van der Waals surface area contributed by atoms with E-state index in [0.717, 1.165) is 0 Å². The molecule has 0 bridgehead atoms. The second-order valence-electron chi connectivity index (χ2n) is 7.35. The first-order valence-electron chi connectivity index (χ1n) is 10.2. The normalized spacial score (nSPS) is 11.2. The molecular formula is C24H24F2N2O4S. The predicted molar refractivity (Wildman–Crippen MR) is 120 cm³/mol. The molecule has 0 saturated heterocycles. The number of ether oxygens (including phenoxy) is 1. The number of carbonyl (C=O) groups excluding carboxylic acids is 1. The van der Waals surface area contributed by atoms with Crippen LogP contribution in [0.25, 0.3) is 0 Å². The molecule has 0 heterocycles. The number of hydrogen-bond acceptors (Lipinski definition) is 4. The summed E-state index contributed by atoms with van der Waals surface area (Å²) < 4.78 is 59.5. The van der Waals surface area contributed by atoms with Crippen molar-refractivity contribution in [3.63, 3.8) is 0 Å². The molecule has 0 saturated carbocycles. The number of carbonyl (C=O) groups is 1. The fourth-order valence-electron chi connectivity index (χ4n) is 3.14. The number of aryl methyl sites for hydroxylation is 1. The summed E-state index contributed by atoms with van der Waals surface area (Å²) in [5.74, 6) is -1.03. The second-order valence-corrected chi connectivity index (χ2v) is 9.11. The van der Waals surface area contributed by atoms with Crippen molar-refractivity contribution in [3.05, 3.63) is 95.1 Å². The SMILES string of the molecule is COc1ccc(CCC(=O)NCc2cccc(S(=O)(=O)NCc3cccc(F)c3)c2)cc1F. The highest BCUT2D eigenvalue weighted by molar-refractivity contribution is 7.89. The first kappa shape index (κ1) is 24.3. The van der Waals surface area contributed by atoms with Gasteiger partial charge in [-0.1, -0.05) is 30.3 Å². The molecule has 0 fully saturated rings. The molecular weight excluding hydrogens is 450 g/mol. The molecule has 33 heavy (non-hydrogen) atoms. The highest BCUT2D eigenvalue weighted by Gasteiger charge is 2.15. The summed E-state index contributed by atoms with van der Waals surface area (Å²) in [5, 5.41) is 2.73. The summed E-state index contributed by atoms with van der Waals surface area (Å²) >= 11 is 0. The van der Waals surface area contributed by atoms with E-state index in [1.807, 2.05) is 0 Å². The van der Waals surface area contributed by atoms with E-state index in [1.54, 1.807) is 24.3 Å². The summed E-state index contributed by atoms with van der Waals surface area (Å²) in [5.41, 5.74) is 1.77. The number of rotatable bonds is 10. The van der Waals surface area contributed by atoms with Gasteiger partial charge in [-0.05, 0) is 59.5 Å². The van der Waals surface area contributed by atoms with Crippen LogP contribution in [-0.2, 0) is 34.3 Å². The Hall–Kier alpha value is -3.30. The Bertz CT molecular complexity index is 1230. The van der Waals surface area contributed by atoms with Crippen LogP contribution in [0.1, 0.15) is 23.1 Å². The van der Waals surface area contributed by atoms with Gasteiger partial charge in [0.25, 0.3) is 0 Å². The molecule has 3 rings (SSSR count). The van der Waals surface area contributed by atoms with Gasteiger partial charge < -0.3 is 10.1 Å². The van der Waals surface area contributed by atoms with E-state index in [0.29, 0.717) is 23.1 Å². The molecule has 0 atom stereocenters. The van der Waals surface area contributed by atoms with Crippen molar-refractivity contribution in [3.8, 4) is 5.75 Å². The molecule has 1 amide bonds. The maximum Gasteiger partial charge on any atom is 0.240 e. The van der Waals surface area contributed by atoms with Crippen LogP contribution in [-0.4, -0.2) is 21.4 Å². The Morgan fingerprint density at radius 3 is 2.33 bits per heavy atom. The number of methoxy groups -OCH3 is 1. The molecule has 6 nitrogen and oxygen atoms in total. The lowest BCUT2D eigenvalue weighted by Crippen LogP contribution is -2.25. The van der Waals surface area contributed by atoms with Crippen molar-refractivity contribution in [2.45, 2.75) is 30.8 Å². The Kier molecular flexibility index (Phi) is 8.13. The maximum atomic E-state index is 13.8. The predicted octanol–water partition coefficient (Wildman–Crippen LogP) is 3.70. The van der Waals surface area contributed by atoms with Gasteiger partial charge in [-0.25, -0.2) is 21.9 Å². The van der Waals surface area contributed by atoms with Gasteiger partial charge in [-0.15, -0.1) is 0 Å². The van der Waals surface area contributed by atoms with Crippen molar-refractivity contribution < 1.29 is 26.7 Å². The maximum absolute atomic E-state index is 13.8. The Morgan fingerprint density at radius 1 is 0.909 bits per heavy atom. The third-order valence-corrected chi connectivity index (χ3v) is 6.31. The summed E-state index contributed by atoms with van der Waals surface area (Å²) in [6.45, 7) is 0.0933. The number of hydrogen-bond donors (Lipinski definition) is 2. The van der Waals surface area contributed by atoms with Crippen molar-refractivity contribution in [1.82, 2.24) is 10.0 Å².